The van der Waals surface area contributed by atoms with Gasteiger partial charge < -0.3 is 9.30 Å². The van der Waals surface area contributed by atoms with Gasteiger partial charge in [0.2, 0.25) is 0 Å². The van der Waals surface area contributed by atoms with E-state index in [1.807, 2.05) is 36.5 Å². The third kappa shape index (κ3) is 1.64. The van der Waals surface area contributed by atoms with E-state index in [0.29, 0.717) is 0 Å². The van der Waals surface area contributed by atoms with E-state index in [1.165, 1.54) is 10.9 Å². The first-order valence-corrected chi connectivity index (χ1v) is 5.86. The minimum atomic E-state index is 0.861. The number of nitrogens with zero attached hydrogens (tertiary/aromatic N) is 2. The van der Waals surface area contributed by atoms with Crippen LogP contribution in [0.15, 0.2) is 48.8 Å². The molecule has 0 atom stereocenters. The second kappa shape index (κ2) is 4.18. The van der Waals surface area contributed by atoms with Gasteiger partial charge in [-0.05, 0) is 48.9 Å². The molecule has 0 N–H and O–H groups in total. The van der Waals surface area contributed by atoms with Gasteiger partial charge in [0, 0.05) is 23.5 Å². The topological polar surface area (TPSA) is 27.1 Å². The molecule has 3 rings (SSSR count). The largest absolute Gasteiger partial charge is 0.497 e. The fourth-order valence-electron chi connectivity index (χ4n) is 2.16. The molecule has 18 heavy (non-hydrogen) atoms. The summed E-state index contributed by atoms with van der Waals surface area (Å²) in [5.41, 5.74) is 3.31. The number of aromatic nitrogens is 2. The summed E-state index contributed by atoms with van der Waals surface area (Å²) in [5.74, 6) is 0.861. The van der Waals surface area contributed by atoms with Crippen LogP contribution in [0, 0.1) is 6.92 Å². The fraction of sp³-hybridized carbons (Fsp3) is 0.133. The van der Waals surface area contributed by atoms with Crippen molar-refractivity contribution in [2.75, 3.05) is 7.11 Å². The number of hydrogen-bond acceptors (Lipinski definition) is 2. The van der Waals surface area contributed by atoms with Crippen molar-refractivity contribution in [1.29, 1.82) is 0 Å². The molecule has 2 aromatic heterocycles. The van der Waals surface area contributed by atoms with Crippen molar-refractivity contribution in [1.82, 2.24) is 9.55 Å². The lowest BCUT2D eigenvalue weighted by Crippen LogP contribution is -1.93. The van der Waals surface area contributed by atoms with E-state index in [1.54, 1.807) is 7.11 Å². The number of pyridine rings is 1. The Balaban J connectivity index is 2.18. The van der Waals surface area contributed by atoms with Crippen LogP contribution in [-0.4, -0.2) is 16.7 Å². The second-order valence-electron chi connectivity index (χ2n) is 4.25. The lowest BCUT2D eigenvalue weighted by molar-refractivity contribution is 0.415. The minimum absolute atomic E-state index is 0.861. The van der Waals surface area contributed by atoms with Crippen LogP contribution in [0.4, 0.5) is 0 Å². The number of hydrogen-bond donors (Lipinski definition) is 0. The van der Waals surface area contributed by atoms with Crippen LogP contribution in [0.3, 0.4) is 0 Å². The molecule has 0 spiro atoms. The predicted octanol–water partition coefficient (Wildman–Crippen LogP) is 3.34. The zero-order chi connectivity index (χ0) is 12.5. The van der Waals surface area contributed by atoms with Gasteiger partial charge in [-0.3, -0.25) is 0 Å². The fourth-order valence-corrected chi connectivity index (χ4v) is 2.16. The van der Waals surface area contributed by atoms with Gasteiger partial charge in [-0.1, -0.05) is 0 Å². The smallest absolute Gasteiger partial charge is 0.144 e. The number of benzene rings is 1. The van der Waals surface area contributed by atoms with Crippen molar-refractivity contribution >= 4 is 11.0 Å². The van der Waals surface area contributed by atoms with Gasteiger partial charge >= 0.3 is 0 Å². The van der Waals surface area contributed by atoms with Gasteiger partial charge in [-0.15, -0.1) is 0 Å². The second-order valence-corrected chi connectivity index (χ2v) is 4.25. The molecule has 0 aliphatic heterocycles. The predicted molar refractivity (Wildman–Crippen MR) is 72.4 cm³/mol. The van der Waals surface area contributed by atoms with E-state index in [2.05, 4.69) is 28.7 Å². The first-order valence-electron chi connectivity index (χ1n) is 5.86. The maximum atomic E-state index is 5.17. The van der Waals surface area contributed by atoms with Crippen LogP contribution in [0.2, 0.25) is 0 Å². The molecule has 1 aromatic carbocycles. The molecule has 3 heteroatoms. The van der Waals surface area contributed by atoms with Crippen LogP contribution < -0.4 is 4.74 Å². The van der Waals surface area contributed by atoms with E-state index in [0.717, 1.165) is 17.1 Å². The molecular formula is C15H14N2O. The summed E-state index contributed by atoms with van der Waals surface area (Å²) in [5, 5.41) is 1.19. The van der Waals surface area contributed by atoms with Gasteiger partial charge in [-0.2, -0.15) is 0 Å². The Kier molecular flexibility index (Phi) is 2.52. The van der Waals surface area contributed by atoms with Crippen molar-refractivity contribution in [3.8, 4) is 11.4 Å². The average molecular weight is 238 g/mol. The summed E-state index contributed by atoms with van der Waals surface area (Å²) in [6, 6.07) is 12.0. The van der Waals surface area contributed by atoms with Crippen LogP contribution in [-0.2, 0) is 0 Å². The standard InChI is InChI=1S/C15H14N2O/c1-11-10-17(15-14(11)4-3-9-16-15)12-5-7-13(18-2)8-6-12/h3-10H,1-2H3. The van der Waals surface area contributed by atoms with Crippen LogP contribution in [0.5, 0.6) is 5.75 Å². The Hall–Kier alpha value is -2.29. The highest BCUT2D eigenvalue weighted by Gasteiger charge is 2.07. The molecule has 3 nitrogen and oxygen atoms in total. The maximum Gasteiger partial charge on any atom is 0.144 e. The molecule has 0 bridgehead atoms. The van der Waals surface area contributed by atoms with Gasteiger partial charge in [0.1, 0.15) is 11.4 Å². The molecule has 0 radical (unpaired) electrons. The monoisotopic (exact) mass is 238 g/mol. The third-order valence-corrected chi connectivity index (χ3v) is 3.11. The Labute approximate surface area is 106 Å². The Morgan fingerprint density at radius 2 is 1.89 bits per heavy atom. The van der Waals surface area contributed by atoms with Crippen LogP contribution in [0.1, 0.15) is 5.56 Å². The van der Waals surface area contributed by atoms with Crippen molar-refractivity contribution in [2.24, 2.45) is 0 Å². The molecule has 2 heterocycles. The van der Waals surface area contributed by atoms with E-state index in [-0.39, 0.29) is 0 Å². The summed E-state index contributed by atoms with van der Waals surface area (Å²) in [6.07, 6.45) is 3.93. The lowest BCUT2D eigenvalue weighted by atomic mass is 10.2. The quantitative estimate of drug-likeness (QED) is 0.684. The first-order chi connectivity index (χ1) is 8.79. The SMILES string of the molecule is COc1ccc(-n2cc(C)c3cccnc32)cc1. The summed E-state index contributed by atoms with van der Waals surface area (Å²) >= 11 is 0. The highest BCUT2D eigenvalue weighted by atomic mass is 16.5. The molecular weight excluding hydrogens is 224 g/mol. The lowest BCUT2D eigenvalue weighted by Gasteiger charge is -2.05. The van der Waals surface area contributed by atoms with Gasteiger partial charge in [0.25, 0.3) is 0 Å². The van der Waals surface area contributed by atoms with Crippen molar-refractivity contribution in [3.63, 3.8) is 0 Å². The van der Waals surface area contributed by atoms with Gasteiger partial charge in [0.15, 0.2) is 0 Å². The molecule has 0 saturated carbocycles. The zero-order valence-electron chi connectivity index (χ0n) is 10.4. The summed E-state index contributed by atoms with van der Waals surface area (Å²) in [6.45, 7) is 2.10. The number of aryl methyl sites for hydroxylation is 1. The number of ether oxygens (including phenoxy) is 1. The molecule has 0 unspecified atom stereocenters. The average Bonchev–Trinajstić information content (AvgIpc) is 2.77. The molecule has 0 amide bonds. The minimum Gasteiger partial charge on any atom is -0.497 e. The Morgan fingerprint density at radius 3 is 2.61 bits per heavy atom. The molecule has 0 aliphatic rings. The number of methoxy groups -OCH3 is 1. The highest BCUT2D eigenvalue weighted by molar-refractivity contribution is 5.81. The molecule has 90 valence electrons. The number of fused-ring (bicyclic) bond motifs is 1. The highest BCUT2D eigenvalue weighted by Crippen LogP contribution is 2.23. The Morgan fingerprint density at radius 1 is 1.11 bits per heavy atom. The third-order valence-electron chi connectivity index (χ3n) is 3.11. The summed E-state index contributed by atoms with van der Waals surface area (Å²) < 4.78 is 7.27. The van der Waals surface area contributed by atoms with E-state index in [9.17, 15) is 0 Å². The van der Waals surface area contributed by atoms with Crippen molar-refractivity contribution < 1.29 is 4.74 Å². The molecule has 3 aromatic rings. The summed E-state index contributed by atoms with van der Waals surface area (Å²) in [4.78, 5) is 4.45. The zero-order valence-corrected chi connectivity index (χ0v) is 10.4. The van der Waals surface area contributed by atoms with Crippen LogP contribution in [0.25, 0.3) is 16.7 Å². The van der Waals surface area contributed by atoms with Crippen molar-refractivity contribution in [2.45, 2.75) is 6.92 Å². The Bertz CT molecular complexity index is 683. The maximum absolute atomic E-state index is 5.17. The van der Waals surface area contributed by atoms with E-state index >= 15 is 0 Å². The van der Waals surface area contributed by atoms with Crippen LogP contribution >= 0.6 is 0 Å². The molecule has 0 saturated heterocycles. The van der Waals surface area contributed by atoms with Crippen molar-refractivity contribution in [3.05, 3.63) is 54.4 Å². The number of rotatable bonds is 2. The van der Waals surface area contributed by atoms with E-state index in [4.69, 9.17) is 4.74 Å². The molecule has 0 aliphatic carbocycles. The van der Waals surface area contributed by atoms with E-state index < -0.39 is 0 Å². The van der Waals surface area contributed by atoms with Gasteiger partial charge in [-0.25, -0.2) is 4.98 Å². The van der Waals surface area contributed by atoms with Gasteiger partial charge in [0.05, 0.1) is 7.11 Å². The normalized spacial score (nSPS) is 10.8. The summed E-state index contributed by atoms with van der Waals surface area (Å²) in [7, 11) is 1.67. The first kappa shape index (κ1) is 10.8. The molecule has 0 fully saturated rings.